The predicted molar refractivity (Wildman–Crippen MR) is 54.4 cm³/mol. The predicted octanol–water partition coefficient (Wildman–Crippen LogP) is 2.83. The van der Waals surface area contributed by atoms with Crippen LogP contribution >= 0.6 is 0 Å². The van der Waals surface area contributed by atoms with E-state index in [0.717, 1.165) is 18.4 Å². The highest BCUT2D eigenvalue weighted by Crippen LogP contribution is 2.33. The number of rotatable bonds is 1. The van der Waals surface area contributed by atoms with Gasteiger partial charge >= 0.3 is 0 Å². The molecule has 1 N–H and O–H groups in total. The van der Waals surface area contributed by atoms with Gasteiger partial charge in [0.2, 0.25) is 0 Å². The van der Waals surface area contributed by atoms with Crippen LogP contribution in [0.5, 0.6) is 0 Å². The van der Waals surface area contributed by atoms with Crippen LogP contribution in [0, 0.1) is 11.9 Å². The monoisotopic (exact) mass is 192 g/mol. The van der Waals surface area contributed by atoms with Gasteiger partial charge in [-0.1, -0.05) is 12.1 Å². The molecule has 1 heterocycles. The fraction of sp³-hybridized carbons (Fsp3) is 0.500. The molecular formula is C12H15FN. The van der Waals surface area contributed by atoms with Crippen molar-refractivity contribution in [1.82, 2.24) is 5.32 Å². The van der Waals surface area contributed by atoms with Crippen LogP contribution in [0.2, 0.25) is 0 Å². The van der Waals surface area contributed by atoms with Crippen LogP contribution in [-0.4, -0.2) is 5.54 Å². The Bertz CT molecular complexity index is 333. The maximum atomic E-state index is 13.4. The first-order chi connectivity index (χ1) is 6.58. The molecule has 1 atom stereocenters. The first-order valence-electron chi connectivity index (χ1n) is 5.02. The number of nitrogens with one attached hydrogen (secondary N) is 1. The Balaban J connectivity index is 2.22. The third kappa shape index (κ3) is 1.80. The minimum atomic E-state index is -0.150. The minimum Gasteiger partial charge on any atom is -0.305 e. The first kappa shape index (κ1) is 9.66. The third-order valence-electron chi connectivity index (χ3n) is 2.84. The Hall–Kier alpha value is -0.890. The van der Waals surface area contributed by atoms with E-state index in [9.17, 15) is 4.39 Å². The molecule has 1 aliphatic heterocycles. The van der Waals surface area contributed by atoms with Crippen molar-refractivity contribution < 1.29 is 4.39 Å². The molecule has 1 aliphatic rings. The summed E-state index contributed by atoms with van der Waals surface area (Å²) in [5, 5.41) is 3.43. The van der Waals surface area contributed by atoms with Crippen molar-refractivity contribution in [1.29, 1.82) is 0 Å². The van der Waals surface area contributed by atoms with Gasteiger partial charge in [0.25, 0.3) is 0 Å². The van der Waals surface area contributed by atoms with Crippen molar-refractivity contribution in [2.75, 3.05) is 0 Å². The molecule has 0 amide bonds. The van der Waals surface area contributed by atoms with Gasteiger partial charge in [0.05, 0.1) is 0 Å². The van der Waals surface area contributed by atoms with E-state index < -0.39 is 0 Å². The molecule has 0 aromatic heterocycles. The van der Waals surface area contributed by atoms with E-state index in [4.69, 9.17) is 0 Å². The van der Waals surface area contributed by atoms with E-state index in [1.807, 2.05) is 6.07 Å². The second-order valence-electron chi connectivity index (χ2n) is 4.57. The summed E-state index contributed by atoms with van der Waals surface area (Å²) in [6.45, 7) is 4.31. The van der Waals surface area contributed by atoms with Gasteiger partial charge in [-0.25, -0.2) is 4.39 Å². The summed E-state index contributed by atoms with van der Waals surface area (Å²) in [6, 6.07) is 7.90. The van der Waals surface area contributed by atoms with Gasteiger partial charge in [0.1, 0.15) is 5.82 Å². The maximum Gasteiger partial charge on any atom is 0.128 e. The van der Waals surface area contributed by atoms with Crippen LogP contribution in [-0.2, 0) is 0 Å². The molecule has 1 nitrogen and oxygen atoms in total. The third-order valence-corrected chi connectivity index (χ3v) is 2.84. The molecule has 1 aromatic rings. The average Bonchev–Trinajstić information content (AvgIpc) is 2.47. The smallest absolute Gasteiger partial charge is 0.128 e. The standard InChI is InChI=1S/C12H15FN/c1-12(2)8-7-11(14-12)9-5-3-4-6-10(9)13/h3,5-6,11,14H,7-8H2,1-2H3/t11-/m1/s1. The fourth-order valence-corrected chi connectivity index (χ4v) is 2.06. The number of halogens is 1. The summed E-state index contributed by atoms with van der Waals surface area (Å²) < 4.78 is 13.4. The van der Waals surface area contributed by atoms with Crippen molar-refractivity contribution >= 4 is 0 Å². The Morgan fingerprint density at radius 3 is 2.93 bits per heavy atom. The largest absolute Gasteiger partial charge is 0.305 e. The van der Waals surface area contributed by atoms with Crippen molar-refractivity contribution in [3.8, 4) is 0 Å². The lowest BCUT2D eigenvalue weighted by Gasteiger charge is -2.20. The zero-order valence-electron chi connectivity index (χ0n) is 8.60. The van der Waals surface area contributed by atoms with Crippen molar-refractivity contribution in [3.05, 3.63) is 35.6 Å². The molecule has 2 rings (SSSR count). The van der Waals surface area contributed by atoms with E-state index in [-0.39, 0.29) is 17.4 Å². The molecule has 1 saturated heterocycles. The first-order valence-corrected chi connectivity index (χ1v) is 5.02. The van der Waals surface area contributed by atoms with Crippen LogP contribution in [0.1, 0.15) is 38.3 Å². The molecule has 1 fully saturated rings. The molecule has 14 heavy (non-hydrogen) atoms. The van der Waals surface area contributed by atoms with Crippen molar-refractivity contribution in [3.63, 3.8) is 0 Å². The molecule has 0 unspecified atom stereocenters. The van der Waals surface area contributed by atoms with Crippen LogP contribution in [0.25, 0.3) is 0 Å². The zero-order valence-corrected chi connectivity index (χ0v) is 8.60. The summed E-state index contributed by atoms with van der Waals surface area (Å²) in [5.74, 6) is -0.150. The topological polar surface area (TPSA) is 12.0 Å². The highest BCUT2D eigenvalue weighted by molar-refractivity contribution is 5.22. The Morgan fingerprint density at radius 1 is 1.57 bits per heavy atom. The van der Waals surface area contributed by atoms with E-state index in [1.54, 1.807) is 6.07 Å². The quantitative estimate of drug-likeness (QED) is 0.721. The van der Waals surface area contributed by atoms with E-state index in [2.05, 4.69) is 25.2 Å². The summed E-state index contributed by atoms with van der Waals surface area (Å²) in [5.41, 5.74) is 0.908. The van der Waals surface area contributed by atoms with Crippen molar-refractivity contribution in [2.45, 2.75) is 38.3 Å². The van der Waals surface area contributed by atoms with Gasteiger partial charge < -0.3 is 5.32 Å². The van der Waals surface area contributed by atoms with Gasteiger partial charge in [-0.3, -0.25) is 0 Å². The van der Waals surface area contributed by atoms with Crippen molar-refractivity contribution in [2.24, 2.45) is 0 Å². The fourth-order valence-electron chi connectivity index (χ4n) is 2.06. The number of hydrogen-bond donors (Lipinski definition) is 1. The molecule has 0 spiro atoms. The molecule has 75 valence electrons. The van der Waals surface area contributed by atoms with Gasteiger partial charge in [-0.05, 0) is 38.8 Å². The molecule has 0 saturated carbocycles. The molecule has 0 bridgehead atoms. The second kappa shape index (κ2) is 3.35. The molecule has 0 aliphatic carbocycles. The van der Waals surface area contributed by atoms with E-state index >= 15 is 0 Å². The minimum absolute atomic E-state index is 0.136. The Morgan fingerprint density at radius 2 is 2.36 bits per heavy atom. The summed E-state index contributed by atoms with van der Waals surface area (Å²) in [6.07, 6.45) is 2.10. The molecule has 1 aromatic carbocycles. The highest BCUT2D eigenvalue weighted by Gasteiger charge is 2.31. The van der Waals surface area contributed by atoms with Gasteiger partial charge in [0.15, 0.2) is 0 Å². The van der Waals surface area contributed by atoms with E-state index in [0.29, 0.717) is 0 Å². The summed E-state index contributed by atoms with van der Waals surface area (Å²) in [4.78, 5) is 0. The number of benzene rings is 1. The summed E-state index contributed by atoms with van der Waals surface area (Å²) in [7, 11) is 0. The maximum absolute atomic E-state index is 13.4. The molecular weight excluding hydrogens is 177 g/mol. The SMILES string of the molecule is CC1(C)CC[C@H](c2cc[c]cc2F)N1. The van der Waals surface area contributed by atoms with Crippen LogP contribution in [0.4, 0.5) is 4.39 Å². The van der Waals surface area contributed by atoms with Crippen LogP contribution < -0.4 is 5.32 Å². The average molecular weight is 192 g/mol. The van der Waals surface area contributed by atoms with Gasteiger partial charge in [-0.15, -0.1) is 0 Å². The number of hydrogen-bond acceptors (Lipinski definition) is 1. The second-order valence-corrected chi connectivity index (χ2v) is 4.57. The van der Waals surface area contributed by atoms with Crippen LogP contribution in [0.3, 0.4) is 0 Å². The lowest BCUT2D eigenvalue weighted by atomic mass is 10.0. The lowest BCUT2D eigenvalue weighted by molar-refractivity contribution is 0.427. The summed E-state index contributed by atoms with van der Waals surface area (Å²) >= 11 is 0. The van der Waals surface area contributed by atoms with Gasteiger partial charge in [0, 0.05) is 17.1 Å². The van der Waals surface area contributed by atoms with E-state index in [1.165, 1.54) is 6.07 Å². The molecule has 1 radical (unpaired) electrons. The Labute approximate surface area is 84.3 Å². The lowest BCUT2D eigenvalue weighted by Crippen LogP contribution is -2.33. The van der Waals surface area contributed by atoms with Gasteiger partial charge in [-0.2, -0.15) is 0 Å². The zero-order chi connectivity index (χ0) is 10.2. The normalized spacial score (nSPS) is 25.2. The molecule has 2 heteroatoms. The highest BCUT2D eigenvalue weighted by atomic mass is 19.1. The van der Waals surface area contributed by atoms with Crippen LogP contribution in [0.15, 0.2) is 18.2 Å². The Kier molecular flexibility index (Phi) is 2.31.